The van der Waals surface area contributed by atoms with Gasteiger partial charge in [-0.3, -0.25) is 9.36 Å². The number of nitrogens with one attached hydrogen (secondary N) is 1. The molecule has 1 N–H and O–H groups in total. The van der Waals surface area contributed by atoms with Gasteiger partial charge in [-0.2, -0.15) is 0 Å². The van der Waals surface area contributed by atoms with E-state index < -0.39 is 10.0 Å². The summed E-state index contributed by atoms with van der Waals surface area (Å²) in [5, 5.41) is 2.38. The highest BCUT2D eigenvalue weighted by atomic mass is 32.2. The molecule has 0 amide bonds. The molecule has 0 aromatic carbocycles. The normalized spacial score (nSPS) is 12.0. The van der Waals surface area contributed by atoms with E-state index in [0.717, 1.165) is 11.3 Å². The second-order valence-electron chi connectivity index (χ2n) is 4.85. The van der Waals surface area contributed by atoms with Crippen molar-refractivity contribution >= 4 is 42.9 Å². The van der Waals surface area contributed by atoms with Gasteiger partial charge in [-0.05, 0) is 30.0 Å². The Labute approximate surface area is 141 Å². The van der Waals surface area contributed by atoms with E-state index >= 15 is 0 Å². The summed E-state index contributed by atoms with van der Waals surface area (Å²) >= 11 is 2.67. The summed E-state index contributed by atoms with van der Waals surface area (Å²) in [6, 6.07) is 5.16. The molecule has 0 atom stereocenters. The van der Waals surface area contributed by atoms with Crippen LogP contribution < -0.4 is 10.3 Å². The van der Waals surface area contributed by atoms with Crippen LogP contribution in [0.2, 0.25) is 0 Å². The third kappa shape index (κ3) is 3.37. The molecule has 0 spiro atoms. The van der Waals surface area contributed by atoms with Gasteiger partial charge in [0.05, 0.1) is 11.7 Å². The molecule has 0 bridgehead atoms. The summed E-state index contributed by atoms with van der Waals surface area (Å²) in [5.74, 6) is 0. The standard InChI is InChI=1S/C14H15N3O3S3/c1-2-10-3-4-12(22-10)23(19,20)16-6-7-17-9-15-13-11(14(17)18)5-8-21-13/h3-5,8-9,16H,2,6-7H2,1H3. The van der Waals surface area contributed by atoms with Crippen molar-refractivity contribution in [3.63, 3.8) is 0 Å². The van der Waals surface area contributed by atoms with E-state index in [1.807, 2.05) is 18.4 Å². The van der Waals surface area contributed by atoms with Crippen LogP contribution in [0.25, 0.3) is 10.2 Å². The Morgan fingerprint density at radius 2 is 2.13 bits per heavy atom. The van der Waals surface area contributed by atoms with Gasteiger partial charge in [-0.15, -0.1) is 22.7 Å². The number of aromatic nitrogens is 2. The molecule has 0 aliphatic heterocycles. The number of thiophene rings is 2. The molecule has 9 heteroatoms. The largest absolute Gasteiger partial charge is 0.297 e. The molecule has 122 valence electrons. The quantitative estimate of drug-likeness (QED) is 0.721. The molecular formula is C14H15N3O3S3. The highest BCUT2D eigenvalue weighted by Gasteiger charge is 2.16. The van der Waals surface area contributed by atoms with E-state index in [1.165, 1.54) is 33.6 Å². The van der Waals surface area contributed by atoms with Gasteiger partial charge in [0.1, 0.15) is 9.04 Å². The molecule has 0 fully saturated rings. The van der Waals surface area contributed by atoms with E-state index in [0.29, 0.717) is 14.4 Å². The molecule has 0 unspecified atom stereocenters. The molecule has 3 heterocycles. The molecule has 0 saturated carbocycles. The van der Waals surface area contributed by atoms with Crippen LogP contribution in [0.5, 0.6) is 0 Å². The first kappa shape index (κ1) is 16.3. The lowest BCUT2D eigenvalue weighted by Crippen LogP contribution is -2.30. The highest BCUT2D eigenvalue weighted by Crippen LogP contribution is 2.21. The monoisotopic (exact) mass is 369 g/mol. The average Bonchev–Trinajstić information content (AvgIpc) is 3.18. The lowest BCUT2D eigenvalue weighted by molar-refractivity contribution is 0.571. The van der Waals surface area contributed by atoms with Crippen LogP contribution in [0.4, 0.5) is 0 Å². The summed E-state index contributed by atoms with van der Waals surface area (Å²) < 4.78 is 28.7. The van der Waals surface area contributed by atoms with Crippen LogP contribution in [0.3, 0.4) is 0 Å². The summed E-state index contributed by atoms with van der Waals surface area (Å²) in [5.41, 5.74) is -0.153. The first-order valence-corrected chi connectivity index (χ1v) is 10.2. The van der Waals surface area contributed by atoms with E-state index in [4.69, 9.17) is 0 Å². The van der Waals surface area contributed by atoms with Crippen molar-refractivity contribution in [3.05, 3.63) is 45.1 Å². The Morgan fingerprint density at radius 3 is 2.87 bits per heavy atom. The molecule has 3 aromatic rings. The SMILES string of the molecule is CCc1ccc(S(=O)(=O)NCCn2cnc3sccc3c2=O)s1. The summed E-state index contributed by atoms with van der Waals surface area (Å²) in [6.45, 7) is 2.36. The molecule has 23 heavy (non-hydrogen) atoms. The summed E-state index contributed by atoms with van der Waals surface area (Å²) in [7, 11) is -3.53. The lowest BCUT2D eigenvalue weighted by Gasteiger charge is -2.07. The van der Waals surface area contributed by atoms with Gasteiger partial charge in [-0.1, -0.05) is 6.92 Å². The van der Waals surface area contributed by atoms with Gasteiger partial charge < -0.3 is 0 Å². The minimum Gasteiger partial charge on any atom is -0.297 e. The predicted octanol–water partition coefficient (Wildman–Crippen LogP) is 2.06. The molecule has 0 saturated heterocycles. The molecular weight excluding hydrogens is 354 g/mol. The number of hydrogen-bond acceptors (Lipinski definition) is 6. The maximum absolute atomic E-state index is 12.2. The predicted molar refractivity (Wildman–Crippen MR) is 92.8 cm³/mol. The number of aryl methyl sites for hydroxylation is 1. The Morgan fingerprint density at radius 1 is 1.30 bits per heavy atom. The van der Waals surface area contributed by atoms with E-state index in [9.17, 15) is 13.2 Å². The maximum atomic E-state index is 12.2. The second-order valence-corrected chi connectivity index (χ2v) is 8.91. The van der Waals surface area contributed by atoms with Gasteiger partial charge in [0, 0.05) is 18.0 Å². The lowest BCUT2D eigenvalue weighted by atomic mass is 10.4. The molecule has 0 aliphatic rings. The zero-order valence-corrected chi connectivity index (χ0v) is 14.8. The van der Waals surface area contributed by atoms with Crippen molar-refractivity contribution in [2.24, 2.45) is 0 Å². The molecule has 0 radical (unpaired) electrons. The summed E-state index contributed by atoms with van der Waals surface area (Å²) in [4.78, 5) is 18.1. The number of nitrogens with zero attached hydrogens (tertiary/aromatic N) is 2. The Kier molecular flexibility index (Phi) is 4.62. The van der Waals surface area contributed by atoms with Crippen LogP contribution in [0.1, 0.15) is 11.8 Å². The number of hydrogen-bond donors (Lipinski definition) is 1. The van der Waals surface area contributed by atoms with Gasteiger partial charge in [-0.25, -0.2) is 18.1 Å². The zero-order chi connectivity index (χ0) is 16.4. The minimum absolute atomic E-state index is 0.138. The van der Waals surface area contributed by atoms with E-state index in [1.54, 1.807) is 12.1 Å². The fraction of sp³-hybridized carbons (Fsp3) is 0.286. The molecule has 3 aromatic heterocycles. The third-order valence-electron chi connectivity index (χ3n) is 3.35. The summed E-state index contributed by atoms with van der Waals surface area (Å²) in [6.07, 6.45) is 2.26. The molecule has 0 aliphatic carbocycles. The number of fused-ring (bicyclic) bond motifs is 1. The van der Waals surface area contributed by atoms with Gasteiger partial charge in [0.2, 0.25) is 10.0 Å². The van der Waals surface area contributed by atoms with E-state index in [2.05, 4.69) is 9.71 Å². The Balaban J connectivity index is 1.70. The van der Waals surface area contributed by atoms with Crippen LogP contribution in [-0.4, -0.2) is 24.5 Å². The Bertz CT molecular complexity index is 985. The van der Waals surface area contributed by atoms with Gasteiger partial charge in [0.15, 0.2) is 0 Å². The number of sulfonamides is 1. The van der Waals surface area contributed by atoms with E-state index in [-0.39, 0.29) is 18.6 Å². The van der Waals surface area contributed by atoms with Crippen LogP contribution >= 0.6 is 22.7 Å². The second kappa shape index (κ2) is 6.52. The highest BCUT2D eigenvalue weighted by molar-refractivity contribution is 7.91. The fourth-order valence-electron chi connectivity index (χ4n) is 2.12. The maximum Gasteiger partial charge on any atom is 0.262 e. The zero-order valence-electron chi connectivity index (χ0n) is 12.4. The van der Waals surface area contributed by atoms with Crippen molar-refractivity contribution in [1.29, 1.82) is 0 Å². The van der Waals surface area contributed by atoms with Crippen molar-refractivity contribution in [1.82, 2.24) is 14.3 Å². The molecule has 3 rings (SSSR count). The minimum atomic E-state index is -3.53. The smallest absolute Gasteiger partial charge is 0.262 e. The van der Waals surface area contributed by atoms with Crippen molar-refractivity contribution in [2.75, 3.05) is 6.54 Å². The van der Waals surface area contributed by atoms with Crippen LogP contribution in [0, 0.1) is 0 Å². The first-order valence-electron chi connectivity index (χ1n) is 7.02. The third-order valence-corrected chi connectivity index (χ3v) is 7.35. The van der Waals surface area contributed by atoms with Crippen molar-refractivity contribution in [2.45, 2.75) is 24.1 Å². The fourth-order valence-corrected chi connectivity index (χ4v) is 5.20. The average molecular weight is 369 g/mol. The Hall–Kier alpha value is -1.55. The topological polar surface area (TPSA) is 81.1 Å². The van der Waals surface area contributed by atoms with Crippen LogP contribution in [-0.2, 0) is 23.0 Å². The van der Waals surface area contributed by atoms with Crippen LogP contribution in [0.15, 0.2) is 38.9 Å². The van der Waals surface area contributed by atoms with Gasteiger partial charge in [0.25, 0.3) is 5.56 Å². The van der Waals surface area contributed by atoms with Gasteiger partial charge >= 0.3 is 0 Å². The molecule has 6 nitrogen and oxygen atoms in total. The van der Waals surface area contributed by atoms with Crippen molar-refractivity contribution in [3.8, 4) is 0 Å². The first-order chi connectivity index (χ1) is 11.0. The van der Waals surface area contributed by atoms with Crippen molar-refractivity contribution < 1.29 is 8.42 Å². The number of rotatable bonds is 6.